The van der Waals surface area contributed by atoms with Crippen LogP contribution in [0.4, 0.5) is 11.8 Å². The van der Waals surface area contributed by atoms with Gasteiger partial charge in [-0.1, -0.05) is 6.92 Å². The third kappa shape index (κ3) is 3.28. The number of aryl methyl sites for hydroxylation is 1. The third-order valence-electron chi connectivity index (χ3n) is 4.50. The number of rotatable bonds is 4. The summed E-state index contributed by atoms with van der Waals surface area (Å²) >= 11 is 0. The second kappa shape index (κ2) is 6.60. The van der Waals surface area contributed by atoms with E-state index in [0.717, 1.165) is 63.8 Å². The smallest absolute Gasteiger partial charge is 0.227 e. The van der Waals surface area contributed by atoms with Crippen LogP contribution in [0, 0.1) is 0 Å². The minimum atomic E-state index is 0.933. The molecule has 1 aliphatic heterocycles. The summed E-state index contributed by atoms with van der Waals surface area (Å²) in [6.07, 6.45) is 5.90. The molecule has 0 spiro atoms. The topological polar surface area (TPSA) is 44.3 Å². The van der Waals surface area contributed by atoms with Crippen molar-refractivity contribution in [3.05, 3.63) is 11.3 Å². The van der Waals surface area contributed by atoms with Crippen molar-refractivity contribution in [2.45, 2.75) is 39.0 Å². The number of hydrogen-bond donors (Lipinski definition) is 1. The number of nitrogens with zero attached hydrogens (tertiary/aromatic N) is 4. The first-order valence-corrected chi connectivity index (χ1v) is 8.35. The zero-order valence-corrected chi connectivity index (χ0v) is 13.4. The van der Waals surface area contributed by atoms with Crippen LogP contribution in [0.15, 0.2) is 0 Å². The standard InChI is InChI=1S/C16H27N5/c1-3-8-17-15-13-6-4-5-7-14(13)18-16(19-15)21-11-9-20(2)10-12-21/h3-12H2,1-2H3,(H,17,18,19). The average Bonchev–Trinajstić information content (AvgIpc) is 2.53. The number of likely N-dealkylation sites (N-methyl/N-ethyl adjacent to an activating group) is 1. The van der Waals surface area contributed by atoms with Crippen LogP contribution in [0.3, 0.4) is 0 Å². The van der Waals surface area contributed by atoms with Crippen LogP contribution in [-0.2, 0) is 12.8 Å². The van der Waals surface area contributed by atoms with Crippen LogP contribution in [0.25, 0.3) is 0 Å². The van der Waals surface area contributed by atoms with Crippen molar-refractivity contribution in [1.82, 2.24) is 14.9 Å². The molecular weight excluding hydrogens is 262 g/mol. The van der Waals surface area contributed by atoms with Gasteiger partial charge < -0.3 is 15.1 Å². The lowest BCUT2D eigenvalue weighted by Crippen LogP contribution is -2.45. The minimum Gasteiger partial charge on any atom is -0.370 e. The fraction of sp³-hybridized carbons (Fsp3) is 0.750. The van der Waals surface area contributed by atoms with Gasteiger partial charge in [0.2, 0.25) is 5.95 Å². The molecule has 0 radical (unpaired) electrons. The molecule has 116 valence electrons. The first-order valence-electron chi connectivity index (χ1n) is 8.35. The predicted molar refractivity (Wildman–Crippen MR) is 87.2 cm³/mol. The van der Waals surface area contributed by atoms with Crippen LogP contribution in [0.2, 0.25) is 0 Å². The van der Waals surface area contributed by atoms with Gasteiger partial charge in [0.05, 0.1) is 5.69 Å². The number of aromatic nitrogens is 2. The zero-order valence-electron chi connectivity index (χ0n) is 13.4. The Kier molecular flexibility index (Phi) is 4.58. The quantitative estimate of drug-likeness (QED) is 0.917. The van der Waals surface area contributed by atoms with Gasteiger partial charge in [-0.3, -0.25) is 0 Å². The van der Waals surface area contributed by atoms with Crippen molar-refractivity contribution in [1.29, 1.82) is 0 Å². The Morgan fingerprint density at radius 1 is 1.05 bits per heavy atom. The first-order chi connectivity index (χ1) is 10.3. The number of anilines is 2. The van der Waals surface area contributed by atoms with E-state index in [1.165, 1.54) is 24.1 Å². The Balaban J connectivity index is 1.86. The molecule has 1 N–H and O–H groups in total. The minimum absolute atomic E-state index is 0.933. The summed E-state index contributed by atoms with van der Waals surface area (Å²) in [6.45, 7) is 7.44. The molecule has 1 aromatic heterocycles. The highest BCUT2D eigenvalue weighted by Gasteiger charge is 2.22. The van der Waals surface area contributed by atoms with Gasteiger partial charge in [-0.2, -0.15) is 4.98 Å². The molecule has 0 atom stereocenters. The van der Waals surface area contributed by atoms with Crippen molar-refractivity contribution < 1.29 is 0 Å². The Morgan fingerprint density at radius 3 is 2.57 bits per heavy atom. The van der Waals surface area contributed by atoms with Gasteiger partial charge in [-0.05, 0) is 39.2 Å². The maximum atomic E-state index is 4.89. The molecule has 5 heteroatoms. The SMILES string of the molecule is CCCNc1nc(N2CCN(C)CC2)nc2c1CCCC2. The van der Waals surface area contributed by atoms with E-state index in [0.29, 0.717) is 0 Å². The largest absolute Gasteiger partial charge is 0.370 e. The molecule has 1 saturated heterocycles. The number of fused-ring (bicyclic) bond motifs is 1. The van der Waals surface area contributed by atoms with E-state index in [2.05, 4.69) is 29.1 Å². The van der Waals surface area contributed by atoms with Gasteiger partial charge in [-0.15, -0.1) is 0 Å². The molecule has 0 unspecified atom stereocenters. The van der Waals surface area contributed by atoms with Crippen LogP contribution in [-0.4, -0.2) is 54.6 Å². The Labute approximate surface area is 127 Å². The second-order valence-electron chi connectivity index (χ2n) is 6.22. The van der Waals surface area contributed by atoms with Crippen molar-refractivity contribution in [3.63, 3.8) is 0 Å². The maximum Gasteiger partial charge on any atom is 0.227 e. The molecule has 5 nitrogen and oxygen atoms in total. The van der Waals surface area contributed by atoms with Crippen molar-refractivity contribution in [2.75, 3.05) is 50.0 Å². The van der Waals surface area contributed by atoms with E-state index < -0.39 is 0 Å². The third-order valence-corrected chi connectivity index (χ3v) is 4.50. The zero-order chi connectivity index (χ0) is 14.7. The van der Waals surface area contributed by atoms with Crippen LogP contribution in [0.1, 0.15) is 37.4 Å². The molecule has 0 aromatic carbocycles. The van der Waals surface area contributed by atoms with E-state index in [1.807, 2.05) is 0 Å². The van der Waals surface area contributed by atoms with Crippen molar-refractivity contribution >= 4 is 11.8 Å². The lowest BCUT2D eigenvalue weighted by atomic mass is 9.96. The Morgan fingerprint density at radius 2 is 1.81 bits per heavy atom. The molecule has 1 fully saturated rings. The van der Waals surface area contributed by atoms with E-state index in [-0.39, 0.29) is 0 Å². The van der Waals surface area contributed by atoms with Crippen LogP contribution in [0.5, 0.6) is 0 Å². The molecule has 21 heavy (non-hydrogen) atoms. The first kappa shape index (κ1) is 14.6. The number of nitrogens with one attached hydrogen (secondary N) is 1. The number of hydrogen-bond acceptors (Lipinski definition) is 5. The van der Waals surface area contributed by atoms with E-state index in [9.17, 15) is 0 Å². The van der Waals surface area contributed by atoms with Gasteiger partial charge in [0.25, 0.3) is 0 Å². The lowest BCUT2D eigenvalue weighted by molar-refractivity contribution is 0.311. The molecule has 1 aliphatic carbocycles. The molecular formula is C16H27N5. The Hall–Kier alpha value is -1.36. The van der Waals surface area contributed by atoms with Gasteiger partial charge in [0, 0.05) is 38.3 Å². The Bertz CT molecular complexity index is 480. The molecule has 3 rings (SSSR count). The monoisotopic (exact) mass is 289 g/mol. The highest BCUT2D eigenvalue weighted by molar-refractivity contribution is 5.52. The molecule has 1 aromatic rings. The number of piperazine rings is 1. The molecule has 0 amide bonds. The molecule has 2 aliphatic rings. The van der Waals surface area contributed by atoms with Gasteiger partial charge >= 0.3 is 0 Å². The van der Waals surface area contributed by atoms with Gasteiger partial charge in [-0.25, -0.2) is 4.98 Å². The summed E-state index contributed by atoms with van der Waals surface area (Å²) < 4.78 is 0. The highest BCUT2D eigenvalue weighted by atomic mass is 15.3. The van der Waals surface area contributed by atoms with Crippen LogP contribution < -0.4 is 10.2 Å². The van der Waals surface area contributed by atoms with Crippen molar-refractivity contribution in [2.24, 2.45) is 0 Å². The molecule has 0 bridgehead atoms. The van der Waals surface area contributed by atoms with E-state index in [4.69, 9.17) is 9.97 Å². The summed E-state index contributed by atoms with van der Waals surface area (Å²) in [5.74, 6) is 2.03. The van der Waals surface area contributed by atoms with E-state index in [1.54, 1.807) is 0 Å². The van der Waals surface area contributed by atoms with Gasteiger partial charge in [0.15, 0.2) is 0 Å². The summed E-state index contributed by atoms with van der Waals surface area (Å²) in [5, 5.41) is 3.52. The second-order valence-corrected chi connectivity index (χ2v) is 6.22. The summed E-state index contributed by atoms with van der Waals surface area (Å²) in [6, 6.07) is 0. The average molecular weight is 289 g/mol. The normalized spacial score (nSPS) is 19.4. The fourth-order valence-electron chi connectivity index (χ4n) is 3.12. The predicted octanol–water partition coefficient (Wildman–Crippen LogP) is 1.93. The molecule has 2 heterocycles. The summed E-state index contributed by atoms with van der Waals surface area (Å²) in [4.78, 5) is 14.4. The fourth-order valence-corrected chi connectivity index (χ4v) is 3.12. The van der Waals surface area contributed by atoms with Crippen molar-refractivity contribution in [3.8, 4) is 0 Å². The van der Waals surface area contributed by atoms with Gasteiger partial charge in [0.1, 0.15) is 5.82 Å². The maximum absolute atomic E-state index is 4.89. The lowest BCUT2D eigenvalue weighted by Gasteiger charge is -2.33. The summed E-state index contributed by atoms with van der Waals surface area (Å²) in [7, 11) is 2.18. The summed E-state index contributed by atoms with van der Waals surface area (Å²) in [5.41, 5.74) is 2.65. The molecule has 0 saturated carbocycles. The van der Waals surface area contributed by atoms with Crippen LogP contribution >= 0.6 is 0 Å². The highest BCUT2D eigenvalue weighted by Crippen LogP contribution is 2.28. The van der Waals surface area contributed by atoms with E-state index >= 15 is 0 Å².